The van der Waals surface area contributed by atoms with Gasteiger partial charge in [0.1, 0.15) is 16.6 Å². The zero-order valence-corrected chi connectivity index (χ0v) is 22.4. The molecule has 0 radical (unpaired) electrons. The maximum Gasteiger partial charge on any atom is 0.415 e. The van der Waals surface area contributed by atoms with Crippen LogP contribution in [-0.2, 0) is 21.3 Å². The Morgan fingerprint density at radius 1 is 1.05 bits per heavy atom. The molecule has 0 aliphatic heterocycles. The average molecular weight is 597 g/mol. The highest BCUT2D eigenvalue weighted by Crippen LogP contribution is 2.45. The van der Waals surface area contributed by atoms with Gasteiger partial charge in [-0.25, -0.2) is 18.4 Å². The molecule has 1 amide bonds. The number of alkyl halides is 1. The number of rotatable bonds is 10. The third-order valence-corrected chi connectivity index (χ3v) is 7.08. The minimum Gasteiger partial charge on any atom is -0.462 e. The van der Waals surface area contributed by atoms with Gasteiger partial charge in [-0.05, 0) is 48.7 Å². The van der Waals surface area contributed by atoms with Gasteiger partial charge in [0.15, 0.2) is 0 Å². The number of nitro groups is 1. The van der Waals surface area contributed by atoms with Crippen LogP contribution >= 0.6 is 27.3 Å². The molecule has 3 aromatic rings. The smallest absolute Gasteiger partial charge is 0.415 e. The number of esters is 1. The van der Waals surface area contributed by atoms with Crippen molar-refractivity contribution in [2.45, 2.75) is 32.1 Å². The molecular weight excluding hydrogens is 574 g/mol. The van der Waals surface area contributed by atoms with Crippen LogP contribution in [0.1, 0.15) is 41.8 Å². The first-order chi connectivity index (χ1) is 17.7. The minimum atomic E-state index is -0.896. The number of carbonyl (C=O) groups is 2. The molecule has 3 rings (SSSR count). The number of hydrogen-bond acceptors (Lipinski definition) is 7. The summed E-state index contributed by atoms with van der Waals surface area (Å²) in [5, 5.41) is 11.3. The Morgan fingerprint density at radius 2 is 1.70 bits per heavy atom. The Bertz CT molecular complexity index is 1280. The Kier molecular flexibility index (Phi) is 9.70. The Balaban J connectivity index is 2.24. The van der Waals surface area contributed by atoms with E-state index in [1.54, 1.807) is 13.8 Å². The van der Waals surface area contributed by atoms with Crippen molar-refractivity contribution in [3.8, 4) is 10.4 Å². The third-order valence-electron chi connectivity index (χ3n) is 5.22. The first-order valence-corrected chi connectivity index (χ1v) is 13.2. The number of benzene rings is 2. The summed E-state index contributed by atoms with van der Waals surface area (Å²) in [6, 6.07) is 9.02. The van der Waals surface area contributed by atoms with Gasteiger partial charge in [-0.3, -0.25) is 15.0 Å². The molecule has 0 aliphatic carbocycles. The molecule has 0 atom stereocenters. The number of carbonyl (C=O) groups excluding carboxylic acids is 2. The molecule has 0 unspecified atom stereocenters. The van der Waals surface area contributed by atoms with Gasteiger partial charge >= 0.3 is 12.1 Å². The fourth-order valence-corrected chi connectivity index (χ4v) is 5.53. The van der Waals surface area contributed by atoms with Crippen LogP contribution in [0.4, 0.5) is 24.3 Å². The maximum atomic E-state index is 14.6. The highest BCUT2D eigenvalue weighted by Gasteiger charge is 2.32. The number of nitrogens with zero attached hydrogens (tertiary/aromatic N) is 2. The van der Waals surface area contributed by atoms with Crippen LogP contribution in [0.5, 0.6) is 0 Å². The van der Waals surface area contributed by atoms with Gasteiger partial charge in [0.05, 0.1) is 30.2 Å². The minimum absolute atomic E-state index is 0.0299. The molecule has 1 heterocycles. The van der Waals surface area contributed by atoms with Crippen LogP contribution < -0.4 is 4.90 Å². The summed E-state index contributed by atoms with van der Waals surface area (Å²) < 4.78 is 39.7. The second-order valence-corrected chi connectivity index (χ2v) is 9.21. The molecular formula is C25H23BrF2N2O6S. The summed E-state index contributed by atoms with van der Waals surface area (Å²) in [6.45, 7) is 2.96. The normalized spacial score (nSPS) is 10.7. The predicted octanol–water partition coefficient (Wildman–Crippen LogP) is 7.23. The number of halogens is 3. The lowest BCUT2D eigenvalue weighted by Gasteiger charge is -2.22. The summed E-state index contributed by atoms with van der Waals surface area (Å²) >= 11 is 4.39. The highest BCUT2D eigenvalue weighted by atomic mass is 79.9. The van der Waals surface area contributed by atoms with Gasteiger partial charge in [0, 0.05) is 27.9 Å². The van der Waals surface area contributed by atoms with Crippen molar-refractivity contribution in [1.82, 2.24) is 0 Å². The second-order valence-electron chi connectivity index (χ2n) is 7.65. The van der Waals surface area contributed by atoms with Crippen molar-refractivity contribution in [3.05, 3.63) is 80.9 Å². The van der Waals surface area contributed by atoms with Gasteiger partial charge in [-0.2, -0.15) is 0 Å². The SMILES string of the molecule is CCCOC(=O)N(Cc1c(F)cccc1F)c1sc(-c2ccc([N+](=O)[O-])cc2)c(CBr)c1C(=O)OCC. The fraction of sp³-hybridized carbons (Fsp3) is 0.280. The van der Waals surface area contributed by atoms with E-state index in [2.05, 4.69) is 15.9 Å². The Morgan fingerprint density at radius 3 is 2.24 bits per heavy atom. The number of hydrogen-bond donors (Lipinski definition) is 0. The van der Waals surface area contributed by atoms with E-state index in [0.717, 1.165) is 28.4 Å². The molecule has 8 nitrogen and oxygen atoms in total. The molecule has 0 bridgehead atoms. The zero-order chi connectivity index (χ0) is 27.1. The monoisotopic (exact) mass is 596 g/mol. The number of non-ortho nitro benzene ring substituents is 1. The first-order valence-electron chi connectivity index (χ1n) is 11.2. The Labute approximate surface area is 224 Å². The first kappa shape index (κ1) is 28.2. The van der Waals surface area contributed by atoms with Crippen molar-refractivity contribution < 1.29 is 32.8 Å². The molecule has 196 valence electrons. The molecule has 0 aliphatic rings. The fourth-order valence-electron chi connectivity index (χ4n) is 3.48. The van der Waals surface area contributed by atoms with Crippen LogP contribution in [0, 0.1) is 21.7 Å². The summed E-state index contributed by atoms with van der Waals surface area (Å²) in [5.41, 5.74) is 0.528. The number of ether oxygens (including phenoxy) is 2. The maximum absolute atomic E-state index is 14.6. The predicted molar refractivity (Wildman–Crippen MR) is 139 cm³/mol. The van der Waals surface area contributed by atoms with E-state index in [9.17, 15) is 28.5 Å². The lowest BCUT2D eigenvalue weighted by Crippen LogP contribution is -2.32. The molecule has 0 spiro atoms. The summed E-state index contributed by atoms with van der Waals surface area (Å²) in [5.74, 6) is -2.46. The number of anilines is 1. The van der Waals surface area contributed by atoms with Crippen molar-refractivity contribution >= 4 is 50.0 Å². The van der Waals surface area contributed by atoms with Crippen LogP contribution in [0.3, 0.4) is 0 Å². The van der Waals surface area contributed by atoms with Crippen LogP contribution in [0.25, 0.3) is 10.4 Å². The van der Waals surface area contributed by atoms with E-state index >= 15 is 0 Å². The number of amides is 1. The van der Waals surface area contributed by atoms with Gasteiger partial charge in [0.2, 0.25) is 0 Å². The topological polar surface area (TPSA) is 99.0 Å². The standard InChI is InChI=1S/C25H23BrF2N2O6S/c1-3-12-36-25(32)29(14-18-19(27)6-5-7-20(18)28)23-21(24(31)35-4-2)17(13-26)22(37-23)15-8-10-16(11-9-15)30(33)34/h5-11H,3-4,12-14H2,1-2H3. The van der Waals surface area contributed by atoms with Crippen molar-refractivity contribution in [2.24, 2.45) is 0 Å². The molecule has 12 heteroatoms. The van der Waals surface area contributed by atoms with Crippen molar-refractivity contribution in [1.29, 1.82) is 0 Å². The third kappa shape index (κ3) is 6.31. The van der Waals surface area contributed by atoms with Crippen molar-refractivity contribution in [2.75, 3.05) is 18.1 Å². The summed E-state index contributed by atoms with van der Waals surface area (Å²) in [6.07, 6.45) is -0.392. The van der Waals surface area contributed by atoms with E-state index in [-0.39, 0.29) is 40.4 Å². The van der Waals surface area contributed by atoms with Crippen LogP contribution in [0.15, 0.2) is 42.5 Å². The van der Waals surface area contributed by atoms with Crippen molar-refractivity contribution in [3.63, 3.8) is 0 Å². The van der Waals surface area contributed by atoms with Crippen LogP contribution in [0.2, 0.25) is 0 Å². The average Bonchev–Trinajstić information content (AvgIpc) is 3.26. The Hall–Kier alpha value is -3.38. The van der Waals surface area contributed by atoms with E-state index in [4.69, 9.17) is 9.47 Å². The summed E-state index contributed by atoms with van der Waals surface area (Å²) in [4.78, 5) is 38.3. The molecule has 1 aromatic heterocycles. The molecule has 0 N–H and O–H groups in total. The van der Waals surface area contributed by atoms with E-state index < -0.39 is 35.2 Å². The van der Waals surface area contributed by atoms with Gasteiger partial charge in [0.25, 0.3) is 5.69 Å². The second kappa shape index (κ2) is 12.7. The van der Waals surface area contributed by atoms with Crippen LogP contribution in [-0.4, -0.2) is 30.2 Å². The van der Waals surface area contributed by atoms with Gasteiger partial charge < -0.3 is 9.47 Å². The molecule has 0 fully saturated rings. The molecule has 2 aromatic carbocycles. The highest BCUT2D eigenvalue weighted by molar-refractivity contribution is 9.08. The molecule has 0 saturated heterocycles. The van der Waals surface area contributed by atoms with E-state index in [0.29, 0.717) is 22.4 Å². The quantitative estimate of drug-likeness (QED) is 0.106. The van der Waals surface area contributed by atoms with Gasteiger partial charge in [-0.15, -0.1) is 11.3 Å². The number of nitro benzene ring substituents is 1. The lowest BCUT2D eigenvalue weighted by atomic mass is 10.1. The lowest BCUT2D eigenvalue weighted by molar-refractivity contribution is -0.384. The zero-order valence-electron chi connectivity index (χ0n) is 20.0. The molecule has 0 saturated carbocycles. The number of thiophene rings is 1. The molecule has 37 heavy (non-hydrogen) atoms. The van der Waals surface area contributed by atoms with E-state index in [1.807, 2.05) is 0 Å². The van der Waals surface area contributed by atoms with E-state index in [1.165, 1.54) is 30.3 Å². The largest absolute Gasteiger partial charge is 0.462 e. The summed E-state index contributed by atoms with van der Waals surface area (Å²) in [7, 11) is 0. The van der Waals surface area contributed by atoms with Gasteiger partial charge in [-0.1, -0.05) is 28.9 Å².